The summed E-state index contributed by atoms with van der Waals surface area (Å²) in [5.74, 6) is -0.747. The van der Waals surface area contributed by atoms with Crippen LogP contribution in [0.15, 0.2) is 12.7 Å². The first-order valence-electron chi connectivity index (χ1n) is 5.72. The van der Waals surface area contributed by atoms with Gasteiger partial charge in [0.25, 0.3) is 0 Å². The third-order valence-electron chi connectivity index (χ3n) is 3.49. The van der Waals surface area contributed by atoms with Gasteiger partial charge in [0.2, 0.25) is 5.91 Å². The molecule has 0 aliphatic heterocycles. The molecule has 0 aromatic carbocycles. The fourth-order valence-electron chi connectivity index (χ4n) is 2.26. The second-order valence-corrected chi connectivity index (χ2v) is 4.43. The summed E-state index contributed by atoms with van der Waals surface area (Å²) in [4.78, 5) is 22.5. The van der Waals surface area contributed by atoms with Gasteiger partial charge in [-0.15, -0.1) is 0 Å². The van der Waals surface area contributed by atoms with Gasteiger partial charge in [-0.3, -0.25) is 4.79 Å². The Morgan fingerprint density at radius 3 is 2.44 bits per heavy atom. The molecule has 0 aromatic heterocycles. The molecule has 16 heavy (non-hydrogen) atoms. The zero-order valence-electron chi connectivity index (χ0n) is 9.66. The Kier molecular flexibility index (Phi) is 4.10. The molecule has 1 amide bonds. The molecule has 0 atom stereocenters. The van der Waals surface area contributed by atoms with E-state index in [2.05, 4.69) is 18.8 Å². The van der Waals surface area contributed by atoms with Crippen LogP contribution in [0.4, 0.5) is 0 Å². The lowest BCUT2D eigenvalue weighted by Gasteiger charge is -2.36. The summed E-state index contributed by atoms with van der Waals surface area (Å²) in [6.07, 6.45) is 4.95. The predicted molar refractivity (Wildman–Crippen MR) is 61.0 cm³/mol. The Labute approximate surface area is 95.7 Å². The van der Waals surface area contributed by atoms with Crippen molar-refractivity contribution in [2.45, 2.75) is 44.6 Å². The molecule has 1 aliphatic rings. The molecule has 0 radical (unpaired) electrons. The van der Waals surface area contributed by atoms with Gasteiger partial charge in [-0.05, 0) is 37.7 Å². The highest BCUT2D eigenvalue weighted by atomic mass is 16.4. The number of carboxylic acids is 1. The van der Waals surface area contributed by atoms with E-state index >= 15 is 0 Å². The Morgan fingerprint density at radius 2 is 2.06 bits per heavy atom. The zero-order valence-corrected chi connectivity index (χ0v) is 9.66. The molecular formula is C12H19NO3. The van der Waals surface area contributed by atoms with E-state index in [1.165, 1.54) is 0 Å². The molecule has 1 aliphatic carbocycles. The summed E-state index contributed by atoms with van der Waals surface area (Å²) in [5.41, 5.74) is -1.07. The van der Waals surface area contributed by atoms with Crippen molar-refractivity contribution < 1.29 is 14.7 Å². The van der Waals surface area contributed by atoms with Gasteiger partial charge in [0.1, 0.15) is 5.54 Å². The van der Waals surface area contributed by atoms with Crippen molar-refractivity contribution in [3.8, 4) is 0 Å². The van der Waals surface area contributed by atoms with E-state index < -0.39 is 17.4 Å². The molecule has 0 bridgehead atoms. The van der Waals surface area contributed by atoms with E-state index in [9.17, 15) is 14.7 Å². The third-order valence-corrected chi connectivity index (χ3v) is 3.49. The first-order chi connectivity index (χ1) is 7.54. The van der Waals surface area contributed by atoms with Gasteiger partial charge in [0, 0.05) is 0 Å². The lowest BCUT2D eigenvalue weighted by atomic mass is 9.75. The van der Waals surface area contributed by atoms with Crippen LogP contribution in [-0.2, 0) is 9.59 Å². The summed E-state index contributed by atoms with van der Waals surface area (Å²) in [6.45, 7) is 5.45. The molecule has 2 N–H and O–H groups in total. The molecule has 90 valence electrons. The van der Waals surface area contributed by atoms with Crippen LogP contribution < -0.4 is 5.32 Å². The first kappa shape index (κ1) is 12.7. The normalized spacial score (nSPS) is 29.4. The highest BCUT2D eigenvalue weighted by Crippen LogP contribution is 2.33. The average Bonchev–Trinajstić information content (AvgIpc) is 2.29. The van der Waals surface area contributed by atoms with Crippen molar-refractivity contribution in [3.05, 3.63) is 12.7 Å². The number of aliphatic carboxylic acids is 1. The fourth-order valence-corrected chi connectivity index (χ4v) is 2.26. The van der Waals surface area contributed by atoms with Crippen LogP contribution in [-0.4, -0.2) is 22.5 Å². The van der Waals surface area contributed by atoms with Crippen molar-refractivity contribution in [2.75, 3.05) is 0 Å². The van der Waals surface area contributed by atoms with Crippen LogP contribution in [0.2, 0.25) is 0 Å². The maximum atomic E-state index is 11.3. The van der Waals surface area contributed by atoms with Crippen LogP contribution in [0, 0.1) is 5.92 Å². The van der Waals surface area contributed by atoms with E-state index in [1.807, 2.05) is 0 Å². The van der Waals surface area contributed by atoms with Gasteiger partial charge in [0.05, 0.1) is 0 Å². The summed E-state index contributed by atoms with van der Waals surface area (Å²) >= 11 is 0. The first-order valence-corrected chi connectivity index (χ1v) is 5.72. The van der Waals surface area contributed by atoms with Crippen LogP contribution in [0.1, 0.15) is 39.0 Å². The van der Waals surface area contributed by atoms with Crippen molar-refractivity contribution in [1.29, 1.82) is 0 Å². The standard InChI is InChI=1S/C12H19NO3/c1-3-9-5-7-12(8-6-9,11(15)16)13-10(14)4-2/h4,9H,2-3,5-8H2,1H3,(H,13,14)(H,15,16). The minimum Gasteiger partial charge on any atom is -0.480 e. The molecule has 0 aromatic rings. The number of carbonyl (C=O) groups excluding carboxylic acids is 1. The van der Waals surface area contributed by atoms with Gasteiger partial charge in [0.15, 0.2) is 0 Å². The molecular weight excluding hydrogens is 206 g/mol. The van der Waals surface area contributed by atoms with Crippen LogP contribution in [0.5, 0.6) is 0 Å². The Hall–Kier alpha value is -1.32. The number of carboxylic acid groups (broad SMARTS) is 1. The Bertz CT molecular complexity index is 291. The average molecular weight is 225 g/mol. The quantitative estimate of drug-likeness (QED) is 0.716. The smallest absolute Gasteiger partial charge is 0.329 e. The molecule has 1 fully saturated rings. The van der Waals surface area contributed by atoms with Gasteiger partial charge < -0.3 is 10.4 Å². The van der Waals surface area contributed by atoms with Gasteiger partial charge >= 0.3 is 5.97 Å². The molecule has 0 spiro atoms. The highest BCUT2D eigenvalue weighted by Gasteiger charge is 2.42. The Morgan fingerprint density at radius 1 is 1.50 bits per heavy atom. The number of rotatable bonds is 4. The molecule has 4 heteroatoms. The molecule has 1 saturated carbocycles. The summed E-state index contributed by atoms with van der Waals surface area (Å²) in [5, 5.41) is 11.8. The highest BCUT2D eigenvalue weighted by molar-refractivity contribution is 5.92. The van der Waals surface area contributed by atoms with E-state index in [1.54, 1.807) is 0 Å². The summed E-state index contributed by atoms with van der Waals surface area (Å²) in [7, 11) is 0. The lowest BCUT2D eigenvalue weighted by molar-refractivity contribution is -0.149. The van der Waals surface area contributed by atoms with Crippen molar-refractivity contribution >= 4 is 11.9 Å². The largest absolute Gasteiger partial charge is 0.480 e. The minimum absolute atomic E-state index is 0.405. The maximum Gasteiger partial charge on any atom is 0.329 e. The van der Waals surface area contributed by atoms with E-state index in [-0.39, 0.29) is 0 Å². The number of amides is 1. The van der Waals surface area contributed by atoms with E-state index in [0.29, 0.717) is 18.8 Å². The lowest BCUT2D eigenvalue weighted by Crippen LogP contribution is -2.56. The molecule has 0 unspecified atom stereocenters. The zero-order chi connectivity index (χ0) is 12.2. The van der Waals surface area contributed by atoms with E-state index in [4.69, 9.17) is 0 Å². The van der Waals surface area contributed by atoms with Crippen molar-refractivity contribution in [3.63, 3.8) is 0 Å². The van der Waals surface area contributed by atoms with Gasteiger partial charge in [-0.25, -0.2) is 4.79 Å². The van der Waals surface area contributed by atoms with E-state index in [0.717, 1.165) is 25.3 Å². The number of hydrogen-bond donors (Lipinski definition) is 2. The molecule has 0 heterocycles. The molecule has 1 rings (SSSR count). The number of nitrogens with one attached hydrogen (secondary N) is 1. The second kappa shape index (κ2) is 5.14. The summed E-state index contributed by atoms with van der Waals surface area (Å²) in [6, 6.07) is 0. The topological polar surface area (TPSA) is 66.4 Å². The minimum atomic E-state index is -1.07. The maximum absolute atomic E-state index is 11.3. The predicted octanol–water partition coefficient (Wildman–Crippen LogP) is 1.71. The fraction of sp³-hybridized carbons (Fsp3) is 0.667. The monoisotopic (exact) mass is 225 g/mol. The third kappa shape index (κ3) is 2.62. The molecule has 4 nitrogen and oxygen atoms in total. The van der Waals surface area contributed by atoms with Crippen molar-refractivity contribution in [2.24, 2.45) is 5.92 Å². The second-order valence-electron chi connectivity index (χ2n) is 4.43. The van der Waals surface area contributed by atoms with Crippen molar-refractivity contribution in [1.82, 2.24) is 5.32 Å². The van der Waals surface area contributed by atoms with Crippen LogP contribution in [0.25, 0.3) is 0 Å². The van der Waals surface area contributed by atoms with Crippen LogP contribution >= 0.6 is 0 Å². The summed E-state index contributed by atoms with van der Waals surface area (Å²) < 4.78 is 0. The molecule has 0 saturated heterocycles. The number of carbonyl (C=O) groups is 2. The van der Waals surface area contributed by atoms with Gasteiger partial charge in [-0.2, -0.15) is 0 Å². The SMILES string of the molecule is C=CC(=O)NC1(C(=O)O)CCC(CC)CC1. The number of hydrogen-bond acceptors (Lipinski definition) is 2. The Balaban J connectivity index is 2.72. The van der Waals surface area contributed by atoms with Gasteiger partial charge in [-0.1, -0.05) is 19.9 Å². The van der Waals surface area contributed by atoms with Crippen LogP contribution in [0.3, 0.4) is 0 Å².